The van der Waals surface area contributed by atoms with Crippen LogP contribution in [-0.2, 0) is 14.4 Å². The largest absolute Gasteiger partial charge is 0.497 e. The van der Waals surface area contributed by atoms with Gasteiger partial charge in [0.25, 0.3) is 5.91 Å². The van der Waals surface area contributed by atoms with Crippen LogP contribution in [0.5, 0.6) is 11.5 Å². The molecule has 1 aliphatic heterocycles. The van der Waals surface area contributed by atoms with Crippen LogP contribution in [0.1, 0.15) is 17.5 Å². The highest BCUT2D eigenvalue weighted by Crippen LogP contribution is 2.29. The second-order valence-corrected chi connectivity index (χ2v) is 9.43. The SMILES string of the molecule is COc1ccc(N2C[C@@H](C(=O)NNc3cc(Cl)ccc3OCC(=O)Nc3ccc(C)c(C)c3)CC2=O)cc1. The molecule has 0 unspecified atom stereocenters. The molecule has 3 N–H and O–H groups in total. The molecule has 4 rings (SSSR count). The number of carbonyl (C=O) groups is 3. The zero-order chi connectivity index (χ0) is 27.2. The summed E-state index contributed by atoms with van der Waals surface area (Å²) < 4.78 is 10.8. The van der Waals surface area contributed by atoms with Gasteiger partial charge in [0.15, 0.2) is 6.61 Å². The van der Waals surface area contributed by atoms with Crippen molar-refractivity contribution < 1.29 is 23.9 Å². The number of amides is 3. The Morgan fingerprint density at radius 3 is 2.50 bits per heavy atom. The minimum Gasteiger partial charge on any atom is -0.497 e. The van der Waals surface area contributed by atoms with Crippen molar-refractivity contribution in [1.29, 1.82) is 0 Å². The third-order valence-corrected chi connectivity index (χ3v) is 6.53. The second kappa shape index (κ2) is 11.9. The summed E-state index contributed by atoms with van der Waals surface area (Å²) in [6.07, 6.45) is 0.0805. The Balaban J connectivity index is 1.33. The van der Waals surface area contributed by atoms with E-state index in [0.717, 1.165) is 11.1 Å². The number of anilines is 3. The number of rotatable bonds is 9. The van der Waals surface area contributed by atoms with Crippen LogP contribution in [0.2, 0.25) is 5.02 Å². The number of aryl methyl sites for hydroxylation is 2. The van der Waals surface area contributed by atoms with Crippen molar-refractivity contribution in [2.24, 2.45) is 5.92 Å². The van der Waals surface area contributed by atoms with Gasteiger partial charge >= 0.3 is 0 Å². The number of nitrogens with one attached hydrogen (secondary N) is 3. The molecule has 1 aliphatic rings. The lowest BCUT2D eigenvalue weighted by Gasteiger charge is -2.18. The first-order valence-corrected chi connectivity index (χ1v) is 12.4. The predicted octanol–water partition coefficient (Wildman–Crippen LogP) is 4.48. The highest BCUT2D eigenvalue weighted by molar-refractivity contribution is 6.31. The Hall–Kier alpha value is -4.24. The monoisotopic (exact) mass is 536 g/mol. The Morgan fingerprint density at radius 1 is 1.03 bits per heavy atom. The minimum absolute atomic E-state index is 0.0805. The fourth-order valence-corrected chi connectivity index (χ4v) is 4.18. The van der Waals surface area contributed by atoms with E-state index in [9.17, 15) is 14.4 Å². The Bertz CT molecular complexity index is 1350. The van der Waals surface area contributed by atoms with E-state index in [0.29, 0.717) is 33.6 Å². The molecule has 38 heavy (non-hydrogen) atoms. The van der Waals surface area contributed by atoms with Gasteiger partial charge in [0.1, 0.15) is 11.5 Å². The average molecular weight is 537 g/mol. The molecule has 0 radical (unpaired) electrons. The molecule has 3 aromatic rings. The summed E-state index contributed by atoms with van der Waals surface area (Å²) in [5.41, 5.74) is 9.40. The number of carbonyl (C=O) groups excluding carboxylic acids is 3. The number of nitrogens with zero attached hydrogens (tertiary/aromatic N) is 1. The normalized spacial score (nSPS) is 14.7. The van der Waals surface area contributed by atoms with Gasteiger partial charge in [-0.05, 0) is 79.6 Å². The maximum atomic E-state index is 12.8. The summed E-state index contributed by atoms with van der Waals surface area (Å²) in [4.78, 5) is 39.4. The number of methoxy groups -OCH3 is 1. The van der Waals surface area contributed by atoms with Crippen molar-refractivity contribution >= 4 is 46.4 Å². The van der Waals surface area contributed by atoms with E-state index in [2.05, 4.69) is 16.2 Å². The number of halogens is 1. The summed E-state index contributed by atoms with van der Waals surface area (Å²) in [6, 6.07) is 17.5. The summed E-state index contributed by atoms with van der Waals surface area (Å²) in [6.45, 7) is 3.97. The van der Waals surface area contributed by atoms with E-state index in [1.165, 1.54) is 0 Å². The molecule has 0 bridgehead atoms. The third kappa shape index (κ3) is 6.54. The molecule has 198 valence electrons. The van der Waals surface area contributed by atoms with Crippen molar-refractivity contribution in [1.82, 2.24) is 5.43 Å². The molecule has 0 spiro atoms. The lowest BCUT2D eigenvalue weighted by molar-refractivity contribution is -0.125. The molecule has 10 heteroatoms. The van der Waals surface area contributed by atoms with Gasteiger partial charge in [0.2, 0.25) is 11.8 Å². The van der Waals surface area contributed by atoms with Crippen molar-refractivity contribution in [3.63, 3.8) is 0 Å². The molecule has 1 fully saturated rings. The van der Waals surface area contributed by atoms with Crippen LogP contribution in [0.3, 0.4) is 0 Å². The van der Waals surface area contributed by atoms with Crippen LogP contribution in [0.4, 0.5) is 17.1 Å². The molecule has 0 aromatic heterocycles. The predicted molar refractivity (Wildman–Crippen MR) is 147 cm³/mol. The lowest BCUT2D eigenvalue weighted by atomic mass is 10.1. The first-order chi connectivity index (χ1) is 18.2. The molecule has 3 amide bonds. The quantitative estimate of drug-likeness (QED) is 0.348. The number of ether oxygens (including phenoxy) is 2. The zero-order valence-corrected chi connectivity index (χ0v) is 22.1. The van der Waals surface area contributed by atoms with Crippen molar-refractivity contribution in [2.45, 2.75) is 20.3 Å². The van der Waals surface area contributed by atoms with Crippen molar-refractivity contribution in [2.75, 3.05) is 35.9 Å². The van der Waals surface area contributed by atoms with Crippen LogP contribution >= 0.6 is 11.6 Å². The first-order valence-electron chi connectivity index (χ1n) is 12.0. The molecule has 1 saturated heterocycles. The number of benzene rings is 3. The van der Waals surface area contributed by atoms with E-state index in [4.69, 9.17) is 21.1 Å². The molecule has 0 aliphatic carbocycles. The molecule has 9 nitrogen and oxygen atoms in total. The smallest absolute Gasteiger partial charge is 0.262 e. The van der Waals surface area contributed by atoms with Crippen LogP contribution in [0.25, 0.3) is 0 Å². The van der Waals surface area contributed by atoms with Crippen LogP contribution < -0.4 is 30.5 Å². The van der Waals surface area contributed by atoms with Crippen molar-refractivity contribution in [3.05, 3.63) is 76.8 Å². The molecule has 1 atom stereocenters. The highest BCUT2D eigenvalue weighted by Gasteiger charge is 2.35. The maximum Gasteiger partial charge on any atom is 0.262 e. The summed E-state index contributed by atoms with van der Waals surface area (Å²) >= 11 is 6.14. The second-order valence-electron chi connectivity index (χ2n) is 8.99. The maximum absolute atomic E-state index is 12.8. The topological polar surface area (TPSA) is 109 Å². The first kappa shape index (κ1) is 26.8. The highest BCUT2D eigenvalue weighted by atomic mass is 35.5. The van der Waals surface area contributed by atoms with Crippen LogP contribution in [0.15, 0.2) is 60.7 Å². The number of hydrogen-bond acceptors (Lipinski definition) is 6. The Labute approximate surface area is 226 Å². The van der Waals surface area contributed by atoms with E-state index in [1.807, 2.05) is 32.0 Å². The summed E-state index contributed by atoms with van der Waals surface area (Å²) in [5.74, 6) is -0.371. The molecule has 3 aromatic carbocycles. The van der Waals surface area contributed by atoms with Gasteiger partial charge in [-0.15, -0.1) is 0 Å². The molecule has 0 saturated carbocycles. The molecule has 1 heterocycles. The third-order valence-electron chi connectivity index (χ3n) is 6.29. The van der Waals surface area contributed by atoms with Gasteiger partial charge in [0.05, 0.1) is 18.7 Å². The summed E-state index contributed by atoms with van der Waals surface area (Å²) in [7, 11) is 1.57. The van der Waals surface area contributed by atoms with Crippen LogP contribution in [0, 0.1) is 19.8 Å². The van der Waals surface area contributed by atoms with E-state index in [-0.39, 0.29) is 37.3 Å². The Kier molecular flexibility index (Phi) is 8.38. The number of hydrogen-bond donors (Lipinski definition) is 3. The molecular weight excluding hydrogens is 508 g/mol. The minimum atomic E-state index is -0.551. The van der Waals surface area contributed by atoms with E-state index in [1.54, 1.807) is 54.5 Å². The van der Waals surface area contributed by atoms with Gasteiger partial charge in [-0.25, -0.2) is 0 Å². The lowest BCUT2D eigenvalue weighted by Crippen LogP contribution is -2.36. The fraction of sp³-hybridized carbons (Fsp3) is 0.250. The number of hydrazine groups is 1. The van der Waals surface area contributed by atoms with Crippen molar-refractivity contribution in [3.8, 4) is 11.5 Å². The van der Waals surface area contributed by atoms with Gasteiger partial charge in [-0.1, -0.05) is 17.7 Å². The van der Waals surface area contributed by atoms with Gasteiger partial charge < -0.3 is 19.7 Å². The summed E-state index contributed by atoms with van der Waals surface area (Å²) in [5, 5.41) is 3.22. The zero-order valence-electron chi connectivity index (χ0n) is 21.3. The van der Waals surface area contributed by atoms with E-state index < -0.39 is 5.92 Å². The van der Waals surface area contributed by atoms with Crippen LogP contribution in [-0.4, -0.2) is 38.0 Å². The van der Waals surface area contributed by atoms with Gasteiger partial charge in [0, 0.05) is 29.4 Å². The standard InChI is InChI=1S/C28H29ClN4O5/c1-17-4-6-21(12-18(17)2)30-26(34)16-38-25-11-5-20(29)14-24(25)31-32-28(36)19-13-27(35)33(15-19)22-7-9-23(37-3)10-8-22/h4-12,14,19,31H,13,15-16H2,1-3H3,(H,30,34)(H,32,36)/t19-/m0/s1. The van der Waals surface area contributed by atoms with Gasteiger partial charge in [-0.3, -0.25) is 25.2 Å². The Morgan fingerprint density at radius 2 is 1.79 bits per heavy atom. The van der Waals surface area contributed by atoms with E-state index >= 15 is 0 Å². The average Bonchev–Trinajstić information content (AvgIpc) is 3.30. The molecular formula is C28H29ClN4O5. The van der Waals surface area contributed by atoms with Gasteiger partial charge in [-0.2, -0.15) is 0 Å². The fourth-order valence-electron chi connectivity index (χ4n) is 4.01.